The van der Waals surface area contributed by atoms with Gasteiger partial charge in [0, 0.05) is 29.4 Å². The highest BCUT2D eigenvalue weighted by atomic mass is 35.5. The van der Waals surface area contributed by atoms with Gasteiger partial charge in [0.1, 0.15) is 5.82 Å². The molecule has 8 heteroatoms. The van der Waals surface area contributed by atoms with Crippen molar-refractivity contribution in [3.63, 3.8) is 0 Å². The van der Waals surface area contributed by atoms with E-state index >= 15 is 0 Å². The minimum Gasteiger partial charge on any atom is -0.350 e. The number of amides is 1. The highest BCUT2D eigenvalue weighted by Gasteiger charge is 2.17. The minimum absolute atomic E-state index is 0.261. The molecule has 1 aromatic carbocycles. The lowest BCUT2D eigenvalue weighted by Gasteiger charge is -2.07. The molecule has 0 aliphatic heterocycles. The van der Waals surface area contributed by atoms with Crippen LogP contribution in [0.15, 0.2) is 30.5 Å². The summed E-state index contributed by atoms with van der Waals surface area (Å²) in [5, 5.41) is 11.5. The van der Waals surface area contributed by atoms with Gasteiger partial charge in [-0.05, 0) is 43.4 Å². The molecule has 1 aliphatic carbocycles. The van der Waals surface area contributed by atoms with E-state index in [-0.39, 0.29) is 11.6 Å². The minimum atomic E-state index is -0.261. The second-order valence-electron chi connectivity index (χ2n) is 6.90. The molecule has 144 valence electrons. The van der Waals surface area contributed by atoms with Gasteiger partial charge in [-0.15, -0.1) is 5.10 Å². The van der Waals surface area contributed by atoms with Crippen LogP contribution in [0.1, 0.15) is 45.2 Å². The Morgan fingerprint density at radius 3 is 2.96 bits per heavy atom. The zero-order valence-corrected chi connectivity index (χ0v) is 16.4. The van der Waals surface area contributed by atoms with Crippen molar-refractivity contribution in [2.24, 2.45) is 0 Å². The van der Waals surface area contributed by atoms with Gasteiger partial charge in [-0.3, -0.25) is 4.79 Å². The molecule has 0 spiro atoms. The summed E-state index contributed by atoms with van der Waals surface area (Å²) in [7, 11) is 0. The third-order valence-corrected chi connectivity index (χ3v) is 5.25. The van der Waals surface area contributed by atoms with Gasteiger partial charge >= 0.3 is 0 Å². The number of halogens is 1. The maximum atomic E-state index is 12.3. The number of fused-ring (bicyclic) bond motifs is 1. The highest BCUT2D eigenvalue weighted by molar-refractivity contribution is 6.31. The summed E-state index contributed by atoms with van der Waals surface area (Å²) in [5.41, 5.74) is 4.72. The van der Waals surface area contributed by atoms with Gasteiger partial charge in [-0.1, -0.05) is 35.0 Å². The Morgan fingerprint density at radius 1 is 1.25 bits per heavy atom. The largest absolute Gasteiger partial charge is 0.350 e. The van der Waals surface area contributed by atoms with Crippen molar-refractivity contribution in [1.29, 1.82) is 0 Å². The molecule has 1 aliphatic rings. The zero-order chi connectivity index (χ0) is 19.5. The standard InChI is InChI=1S/C20H21ClN6O/c1-13-15-6-4-8-17(15)24-19(23-13)9-10-22-20(28)18-12-27(26-25-18)11-14-5-2-3-7-16(14)21/h2-3,5,7,12H,4,6,8-11H2,1H3,(H,22,28). The molecule has 0 saturated carbocycles. The topological polar surface area (TPSA) is 85.6 Å². The van der Waals surface area contributed by atoms with Gasteiger partial charge in [-0.25, -0.2) is 14.6 Å². The van der Waals surface area contributed by atoms with E-state index in [2.05, 4.69) is 25.6 Å². The fourth-order valence-corrected chi connectivity index (χ4v) is 3.65. The van der Waals surface area contributed by atoms with Gasteiger partial charge in [0.15, 0.2) is 5.69 Å². The van der Waals surface area contributed by atoms with Crippen LogP contribution in [0.25, 0.3) is 0 Å². The van der Waals surface area contributed by atoms with E-state index in [0.717, 1.165) is 42.0 Å². The van der Waals surface area contributed by atoms with E-state index in [1.54, 1.807) is 10.9 Å². The van der Waals surface area contributed by atoms with Crippen LogP contribution in [-0.4, -0.2) is 37.4 Å². The number of aryl methyl sites for hydroxylation is 2. The van der Waals surface area contributed by atoms with Crippen LogP contribution in [0.3, 0.4) is 0 Å². The fourth-order valence-electron chi connectivity index (χ4n) is 3.45. The lowest BCUT2D eigenvalue weighted by Crippen LogP contribution is -2.26. The predicted octanol–water partition coefficient (Wildman–Crippen LogP) is 2.54. The monoisotopic (exact) mass is 396 g/mol. The molecule has 28 heavy (non-hydrogen) atoms. The lowest BCUT2D eigenvalue weighted by molar-refractivity contribution is 0.0949. The maximum absolute atomic E-state index is 12.3. The van der Waals surface area contributed by atoms with Crippen LogP contribution >= 0.6 is 11.6 Å². The number of benzene rings is 1. The van der Waals surface area contributed by atoms with E-state index in [1.165, 1.54) is 5.56 Å². The molecule has 0 atom stereocenters. The van der Waals surface area contributed by atoms with Crippen LogP contribution in [0.5, 0.6) is 0 Å². The van der Waals surface area contributed by atoms with E-state index in [1.807, 2.05) is 31.2 Å². The summed E-state index contributed by atoms with van der Waals surface area (Å²) in [5.74, 6) is 0.518. The molecule has 2 heterocycles. The number of carbonyl (C=O) groups excluding carboxylic acids is 1. The average molecular weight is 397 g/mol. The SMILES string of the molecule is Cc1nc(CCNC(=O)c2cn(Cc3ccccc3Cl)nn2)nc2c1CCC2. The number of nitrogens with one attached hydrogen (secondary N) is 1. The lowest BCUT2D eigenvalue weighted by atomic mass is 10.2. The third kappa shape index (κ3) is 4.04. The van der Waals surface area contributed by atoms with Crippen molar-refractivity contribution < 1.29 is 4.79 Å². The highest BCUT2D eigenvalue weighted by Crippen LogP contribution is 2.22. The van der Waals surface area contributed by atoms with Crippen molar-refractivity contribution in [3.05, 3.63) is 69.5 Å². The van der Waals surface area contributed by atoms with E-state index in [9.17, 15) is 4.79 Å². The van der Waals surface area contributed by atoms with Crippen molar-refractivity contribution in [1.82, 2.24) is 30.3 Å². The maximum Gasteiger partial charge on any atom is 0.273 e. The molecule has 0 fully saturated rings. The molecule has 3 aromatic rings. The first-order valence-corrected chi connectivity index (χ1v) is 9.75. The molecule has 0 saturated heterocycles. The molecule has 0 unspecified atom stereocenters. The molecule has 4 rings (SSSR count). The van der Waals surface area contributed by atoms with E-state index in [0.29, 0.717) is 24.5 Å². The Hall–Kier alpha value is -2.80. The fraction of sp³-hybridized carbons (Fsp3) is 0.350. The first-order valence-electron chi connectivity index (χ1n) is 9.37. The smallest absolute Gasteiger partial charge is 0.273 e. The number of carbonyl (C=O) groups is 1. The molecule has 0 bridgehead atoms. The van der Waals surface area contributed by atoms with E-state index in [4.69, 9.17) is 11.6 Å². The number of nitrogens with zero attached hydrogens (tertiary/aromatic N) is 5. The Kier molecular flexibility index (Phi) is 5.34. The summed E-state index contributed by atoms with van der Waals surface area (Å²) in [4.78, 5) is 21.5. The summed E-state index contributed by atoms with van der Waals surface area (Å²) in [6, 6.07) is 7.53. The van der Waals surface area contributed by atoms with Crippen molar-refractivity contribution >= 4 is 17.5 Å². The molecular weight excluding hydrogens is 376 g/mol. The second kappa shape index (κ2) is 8.06. The average Bonchev–Trinajstić information content (AvgIpc) is 3.33. The van der Waals surface area contributed by atoms with Crippen molar-refractivity contribution in [2.75, 3.05) is 6.54 Å². The number of rotatable bonds is 6. The Labute approximate surface area is 168 Å². The first-order chi connectivity index (χ1) is 13.6. The zero-order valence-electron chi connectivity index (χ0n) is 15.7. The van der Waals surface area contributed by atoms with Gasteiger partial charge in [0.2, 0.25) is 0 Å². The number of hydrogen-bond donors (Lipinski definition) is 1. The molecular formula is C20H21ClN6O. The second-order valence-corrected chi connectivity index (χ2v) is 7.31. The Morgan fingerprint density at radius 2 is 2.11 bits per heavy atom. The quantitative estimate of drug-likeness (QED) is 0.692. The summed E-state index contributed by atoms with van der Waals surface area (Å²) in [6.45, 7) is 2.95. The Balaban J connectivity index is 1.33. The van der Waals surface area contributed by atoms with Gasteiger partial charge in [-0.2, -0.15) is 0 Å². The van der Waals surface area contributed by atoms with Crippen LogP contribution in [0, 0.1) is 6.92 Å². The Bertz CT molecular complexity index is 1020. The number of aromatic nitrogens is 5. The van der Waals surface area contributed by atoms with Crippen LogP contribution in [-0.2, 0) is 25.8 Å². The van der Waals surface area contributed by atoms with Crippen molar-refractivity contribution in [2.45, 2.75) is 39.2 Å². The summed E-state index contributed by atoms with van der Waals surface area (Å²) >= 11 is 6.16. The van der Waals surface area contributed by atoms with Crippen LogP contribution < -0.4 is 5.32 Å². The first kappa shape index (κ1) is 18.6. The van der Waals surface area contributed by atoms with Crippen molar-refractivity contribution in [3.8, 4) is 0 Å². The van der Waals surface area contributed by atoms with E-state index < -0.39 is 0 Å². The van der Waals surface area contributed by atoms with Gasteiger partial charge < -0.3 is 5.32 Å². The van der Waals surface area contributed by atoms with Crippen LogP contribution in [0.2, 0.25) is 5.02 Å². The molecule has 0 radical (unpaired) electrons. The predicted molar refractivity (Wildman–Crippen MR) is 105 cm³/mol. The summed E-state index contributed by atoms with van der Waals surface area (Å²) in [6.07, 6.45) is 5.45. The molecule has 1 N–H and O–H groups in total. The molecule has 1 amide bonds. The number of hydrogen-bond acceptors (Lipinski definition) is 5. The van der Waals surface area contributed by atoms with Gasteiger partial charge in [0.25, 0.3) is 5.91 Å². The summed E-state index contributed by atoms with van der Waals surface area (Å²) < 4.78 is 1.60. The van der Waals surface area contributed by atoms with Crippen LogP contribution in [0.4, 0.5) is 0 Å². The normalized spacial score (nSPS) is 12.8. The van der Waals surface area contributed by atoms with Gasteiger partial charge in [0.05, 0.1) is 12.7 Å². The third-order valence-electron chi connectivity index (χ3n) is 4.88. The molecule has 7 nitrogen and oxygen atoms in total. The molecule has 2 aromatic heterocycles.